The maximum Gasteiger partial charge on any atom is 0.161 e. The molecule has 0 bridgehead atoms. The predicted molar refractivity (Wildman–Crippen MR) is 110 cm³/mol. The molecule has 28 heavy (non-hydrogen) atoms. The molecule has 1 aliphatic rings. The SMILES string of the molecule is Cc1cc(N2CCC(NCCCn3cncn3)CC2)nc(-c2ccccc2)n1. The van der Waals surface area contributed by atoms with Gasteiger partial charge >= 0.3 is 0 Å². The van der Waals surface area contributed by atoms with Crippen LogP contribution in [0.5, 0.6) is 0 Å². The first-order chi connectivity index (χ1) is 13.8. The summed E-state index contributed by atoms with van der Waals surface area (Å²) in [7, 11) is 0. The van der Waals surface area contributed by atoms with Gasteiger partial charge in [-0.2, -0.15) is 5.10 Å². The first-order valence-corrected chi connectivity index (χ1v) is 10.00. The highest BCUT2D eigenvalue weighted by Crippen LogP contribution is 2.22. The van der Waals surface area contributed by atoms with Gasteiger partial charge in [-0.05, 0) is 32.7 Å². The third-order valence-corrected chi connectivity index (χ3v) is 5.16. The van der Waals surface area contributed by atoms with Gasteiger partial charge in [0, 0.05) is 43.0 Å². The quantitative estimate of drug-likeness (QED) is 0.638. The second-order valence-electron chi connectivity index (χ2n) is 7.28. The summed E-state index contributed by atoms with van der Waals surface area (Å²) < 4.78 is 1.88. The Bertz CT molecular complexity index is 856. The smallest absolute Gasteiger partial charge is 0.161 e. The standard InChI is InChI=1S/C21H27N7/c1-17-14-20(26-21(25-17)18-6-3-2-4-7-18)27-12-8-19(9-13-27)23-10-5-11-28-16-22-15-24-28/h2-4,6-7,14-16,19,23H,5,8-13H2,1H3. The molecule has 1 N–H and O–H groups in total. The minimum absolute atomic E-state index is 0.573. The molecule has 0 unspecified atom stereocenters. The van der Waals surface area contributed by atoms with Crippen molar-refractivity contribution in [1.82, 2.24) is 30.0 Å². The van der Waals surface area contributed by atoms with Crippen LogP contribution < -0.4 is 10.2 Å². The Labute approximate surface area is 165 Å². The number of anilines is 1. The molecule has 0 saturated carbocycles. The number of piperidine rings is 1. The zero-order valence-corrected chi connectivity index (χ0v) is 16.3. The largest absolute Gasteiger partial charge is 0.356 e. The van der Waals surface area contributed by atoms with E-state index in [-0.39, 0.29) is 0 Å². The van der Waals surface area contributed by atoms with Crippen LogP contribution >= 0.6 is 0 Å². The molecular formula is C21H27N7. The minimum Gasteiger partial charge on any atom is -0.356 e. The Balaban J connectivity index is 1.29. The summed E-state index contributed by atoms with van der Waals surface area (Å²) in [5.74, 6) is 1.85. The summed E-state index contributed by atoms with van der Waals surface area (Å²) in [6.45, 7) is 6.00. The number of nitrogens with zero attached hydrogens (tertiary/aromatic N) is 6. The lowest BCUT2D eigenvalue weighted by atomic mass is 10.0. The van der Waals surface area contributed by atoms with Gasteiger partial charge in [0.05, 0.1) is 0 Å². The molecule has 1 aromatic carbocycles. The second kappa shape index (κ2) is 8.93. The number of aromatic nitrogens is 5. The molecule has 0 atom stereocenters. The zero-order chi connectivity index (χ0) is 19.2. The number of benzene rings is 1. The maximum atomic E-state index is 4.84. The fourth-order valence-electron chi connectivity index (χ4n) is 3.64. The lowest BCUT2D eigenvalue weighted by Gasteiger charge is -2.33. The molecule has 0 aliphatic carbocycles. The number of rotatable bonds is 7. The highest BCUT2D eigenvalue weighted by Gasteiger charge is 2.20. The van der Waals surface area contributed by atoms with Crippen molar-refractivity contribution in [3.63, 3.8) is 0 Å². The molecule has 3 heterocycles. The summed E-state index contributed by atoms with van der Waals surface area (Å²) in [5.41, 5.74) is 2.08. The van der Waals surface area contributed by atoms with Crippen LogP contribution in [0.2, 0.25) is 0 Å². The van der Waals surface area contributed by atoms with Crippen LogP contribution in [0.3, 0.4) is 0 Å². The Morgan fingerprint density at radius 1 is 1.11 bits per heavy atom. The van der Waals surface area contributed by atoms with Gasteiger partial charge in [0.15, 0.2) is 5.82 Å². The molecule has 7 heteroatoms. The van der Waals surface area contributed by atoms with Gasteiger partial charge in [0.1, 0.15) is 18.5 Å². The first kappa shape index (κ1) is 18.6. The van der Waals surface area contributed by atoms with E-state index in [1.807, 2.05) is 29.8 Å². The average Bonchev–Trinajstić information content (AvgIpc) is 3.25. The van der Waals surface area contributed by atoms with Crippen LogP contribution in [0, 0.1) is 6.92 Å². The van der Waals surface area contributed by atoms with E-state index in [9.17, 15) is 0 Å². The molecular weight excluding hydrogens is 350 g/mol. The van der Waals surface area contributed by atoms with Crippen LogP contribution in [0.4, 0.5) is 5.82 Å². The van der Waals surface area contributed by atoms with Crippen molar-refractivity contribution in [2.75, 3.05) is 24.5 Å². The van der Waals surface area contributed by atoms with Crippen molar-refractivity contribution in [3.8, 4) is 11.4 Å². The normalized spacial score (nSPS) is 15.1. The van der Waals surface area contributed by atoms with Gasteiger partial charge in [0.25, 0.3) is 0 Å². The van der Waals surface area contributed by atoms with Gasteiger partial charge in [-0.3, -0.25) is 4.68 Å². The zero-order valence-electron chi connectivity index (χ0n) is 16.3. The van der Waals surface area contributed by atoms with Gasteiger partial charge in [-0.25, -0.2) is 15.0 Å². The summed E-state index contributed by atoms with van der Waals surface area (Å²) in [4.78, 5) is 15.8. The highest BCUT2D eigenvalue weighted by atomic mass is 15.3. The number of aryl methyl sites for hydroxylation is 2. The molecule has 146 valence electrons. The van der Waals surface area contributed by atoms with Crippen molar-refractivity contribution in [1.29, 1.82) is 0 Å². The molecule has 3 aromatic rings. The molecule has 0 amide bonds. The van der Waals surface area contributed by atoms with Crippen molar-refractivity contribution in [2.24, 2.45) is 0 Å². The summed E-state index contributed by atoms with van der Waals surface area (Å²) >= 11 is 0. The van der Waals surface area contributed by atoms with Gasteiger partial charge < -0.3 is 10.2 Å². The molecule has 1 saturated heterocycles. The van der Waals surface area contributed by atoms with Crippen molar-refractivity contribution >= 4 is 5.82 Å². The molecule has 1 aliphatic heterocycles. The average molecular weight is 377 g/mol. The molecule has 0 spiro atoms. The van der Waals surface area contributed by atoms with Gasteiger partial charge in [-0.15, -0.1) is 0 Å². The number of hydrogen-bond donors (Lipinski definition) is 1. The monoisotopic (exact) mass is 377 g/mol. The van der Waals surface area contributed by atoms with Gasteiger partial charge in [-0.1, -0.05) is 30.3 Å². The van der Waals surface area contributed by atoms with E-state index in [2.05, 4.69) is 43.5 Å². The Kier molecular flexibility index (Phi) is 5.92. The molecule has 2 aromatic heterocycles. The van der Waals surface area contributed by atoms with Crippen molar-refractivity contribution < 1.29 is 0 Å². The molecule has 0 radical (unpaired) electrons. The highest BCUT2D eigenvalue weighted by molar-refractivity contribution is 5.57. The maximum absolute atomic E-state index is 4.84. The Hall–Kier alpha value is -2.80. The second-order valence-corrected chi connectivity index (χ2v) is 7.28. The van der Waals surface area contributed by atoms with Crippen LogP contribution in [0.25, 0.3) is 11.4 Å². The van der Waals surface area contributed by atoms with E-state index >= 15 is 0 Å². The van der Waals surface area contributed by atoms with Crippen molar-refractivity contribution in [3.05, 3.63) is 54.7 Å². The number of hydrogen-bond acceptors (Lipinski definition) is 6. The van der Waals surface area contributed by atoms with Crippen LogP contribution in [0.15, 0.2) is 49.1 Å². The summed E-state index contributed by atoms with van der Waals surface area (Å²) in [6.07, 6.45) is 6.68. The van der Waals surface area contributed by atoms with E-state index in [1.165, 1.54) is 0 Å². The predicted octanol–water partition coefficient (Wildman–Crippen LogP) is 2.69. The lowest BCUT2D eigenvalue weighted by Crippen LogP contribution is -2.43. The minimum atomic E-state index is 0.573. The lowest BCUT2D eigenvalue weighted by molar-refractivity contribution is 0.403. The van der Waals surface area contributed by atoms with Crippen LogP contribution in [0.1, 0.15) is 25.0 Å². The van der Waals surface area contributed by atoms with Gasteiger partial charge in [0.2, 0.25) is 0 Å². The van der Waals surface area contributed by atoms with Crippen LogP contribution in [-0.4, -0.2) is 50.4 Å². The number of nitrogens with one attached hydrogen (secondary N) is 1. The molecule has 1 fully saturated rings. The van der Waals surface area contributed by atoms with Crippen LogP contribution in [-0.2, 0) is 6.54 Å². The van der Waals surface area contributed by atoms with E-state index in [0.717, 1.165) is 68.3 Å². The first-order valence-electron chi connectivity index (χ1n) is 10.00. The molecule has 7 nitrogen and oxygen atoms in total. The molecule has 4 rings (SSSR count). The third kappa shape index (κ3) is 4.72. The fraction of sp³-hybridized carbons (Fsp3) is 0.429. The summed E-state index contributed by atoms with van der Waals surface area (Å²) in [6, 6.07) is 12.9. The Morgan fingerprint density at radius 2 is 1.93 bits per heavy atom. The fourth-order valence-corrected chi connectivity index (χ4v) is 3.64. The van der Waals surface area contributed by atoms with E-state index in [0.29, 0.717) is 6.04 Å². The van der Waals surface area contributed by atoms with E-state index in [1.54, 1.807) is 12.7 Å². The summed E-state index contributed by atoms with van der Waals surface area (Å²) in [5, 5.41) is 7.82. The van der Waals surface area contributed by atoms with E-state index in [4.69, 9.17) is 4.98 Å². The Morgan fingerprint density at radius 3 is 2.68 bits per heavy atom. The third-order valence-electron chi connectivity index (χ3n) is 5.16. The van der Waals surface area contributed by atoms with Crippen molar-refractivity contribution in [2.45, 2.75) is 38.8 Å². The van der Waals surface area contributed by atoms with E-state index < -0.39 is 0 Å². The topological polar surface area (TPSA) is 71.8 Å².